The standard InChI is InChI=1S/C31H30FN5O5S.C2H4O2/c1-18-35-36-31(43-18)37-9-8-28-26(16-37)34-30(39)21-6-7-27(40-2)25(13-21)20-4-3-5-23(12-20)41-17-29(38)33-15-19-10-22(32)14-24(11-19)42-28;1-2(3)4/h3-7,10-14,26,28H,8-9,15-17H2,1-2H3,(H,33,38)(H,34,39);1H3,(H,3,4)/t26-,28-;/m1./s1. The number of carboxylic acids is 1. The molecule has 0 unspecified atom stereocenters. The van der Waals surface area contributed by atoms with E-state index in [1.807, 2.05) is 13.0 Å². The molecule has 1 aromatic heterocycles. The van der Waals surface area contributed by atoms with Crippen molar-refractivity contribution in [2.45, 2.75) is 39.0 Å². The zero-order valence-electron chi connectivity index (χ0n) is 26.0. The smallest absolute Gasteiger partial charge is 0.300 e. The second kappa shape index (κ2) is 14.9. The van der Waals surface area contributed by atoms with Crippen LogP contribution in [0.5, 0.6) is 17.2 Å². The third-order valence-corrected chi connectivity index (χ3v) is 8.24. The summed E-state index contributed by atoms with van der Waals surface area (Å²) in [5.74, 6) is -0.614. The van der Waals surface area contributed by atoms with Crippen LogP contribution in [0.4, 0.5) is 9.52 Å². The third-order valence-electron chi connectivity index (χ3n) is 7.34. The SMILES string of the molecule is CC(=O)O.COc1ccc2cc1-c1cccc(c1)OCC(=O)NCc1cc(F)cc(c1)O[C@@H]1CCN(c3nnc(C)s3)C[C@H]1NC2=O. The van der Waals surface area contributed by atoms with Crippen molar-refractivity contribution in [1.29, 1.82) is 0 Å². The summed E-state index contributed by atoms with van der Waals surface area (Å²) in [6, 6.07) is 16.3. The lowest BCUT2D eigenvalue weighted by Crippen LogP contribution is -2.57. The summed E-state index contributed by atoms with van der Waals surface area (Å²) in [4.78, 5) is 37.4. The number of methoxy groups -OCH3 is 1. The van der Waals surface area contributed by atoms with Gasteiger partial charge in [0, 0.05) is 50.2 Å². The summed E-state index contributed by atoms with van der Waals surface area (Å²) in [6.07, 6.45) is 0.0905. The predicted octanol–water partition coefficient (Wildman–Crippen LogP) is 4.22. The molecule has 0 saturated carbocycles. The molecule has 2 aliphatic heterocycles. The van der Waals surface area contributed by atoms with Crippen molar-refractivity contribution >= 4 is 34.3 Å². The van der Waals surface area contributed by atoms with Crippen molar-refractivity contribution in [3.63, 3.8) is 0 Å². The van der Waals surface area contributed by atoms with Crippen LogP contribution in [0.2, 0.25) is 0 Å². The number of hydrogen-bond donors (Lipinski definition) is 3. The molecule has 2 atom stereocenters. The summed E-state index contributed by atoms with van der Waals surface area (Å²) < 4.78 is 32.3. The quantitative estimate of drug-likeness (QED) is 0.284. The minimum Gasteiger partial charge on any atom is -0.496 e. The van der Waals surface area contributed by atoms with E-state index in [4.69, 9.17) is 24.1 Å². The van der Waals surface area contributed by atoms with E-state index in [0.29, 0.717) is 53.4 Å². The first-order valence-electron chi connectivity index (χ1n) is 14.8. The summed E-state index contributed by atoms with van der Waals surface area (Å²) in [6.45, 7) is 3.88. The first-order valence-corrected chi connectivity index (χ1v) is 15.6. The van der Waals surface area contributed by atoms with Crippen LogP contribution in [0.3, 0.4) is 0 Å². The topological polar surface area (TPSA) is 152 Å². The van der Waals surface area contributed by atoms with Gasteiger partial charge in [0.1, 0.15) is 34.2 Å². The monoisotopic (exact) mass is 663 g/mol. The Morgan fingerprint density at radius 2 is 1.89 bits per heavy atom. The van der Waals surface area contributed by atoms with Crippen LogP contribution >= 0.6 is 11.3 Å². The van der Waals surface area contributed by atoms with Crippen LogP contribution in [0, 0.1) is 12.7 Å². The number of nitrogens with one attached hydrogen (secondary N) is 2. The molecule has 1 fully saturated rings. The van der Waals surface area contributed by atoms with E-state index >= 15 is 0 Å². The van der Waals surface area contributed by atoms with Crippen molar-refractivity contribution in [2.24, 2.45) is 0 Å². The van der Waals surface area contributed by atoms with Gasteiger partial charge in [-0.25, -0.2) is 4.39 Å². The van der Waals surface area contributed by atoms with Gasteiger partial charge < -0.3 is 34.9 Å². The molecule has 4 aromatic rings. The number of ether oxygens (including phenoxy) is 3. The number of aliphatic carboxylic acids is 1. The minimum absolute atomic E-state index is 0.0917. The van der Waals surface area contributed by atoms with Crippen LogP contribution in [-0.4, -0.2) is 72.0 Å². The van der Waals surface area contributed by atoms with Gasteiger partial charge in [-0.05, 0) is 60.5 Å². The Hall–Kier alpha value is -5.24. The van der Waals surface area contributed by atoms with Crippen LogP contribution in [0.15, 0.2) is 60.7 Å². The number of benzene rings is 3. The van der Waals surface area contributed by atoms with Crippen molar-refractivity contribution in [3.8, 4) is 28.4 Å². The molecule has 3 N–H and O–H groups in total. The Labute approximate surface area is 274 Å². The van der Waals surface area contributed by atoms with Gasteiger partial charge >= 0.3 is 0 Å². The molecule has 2 amide bonds. The number of nitrogens with zero attached hydrogens (tertiary/aromatic N) is 3. The number of carboxylic acid groups (broad SMARTS) is 1. The highest BCUT2D eigenvalue weighted by atomic mass is 32.1. The fraction of sp³-hybridized carbons (Fsp3) is 0.303. The average molecular weight is 664 g/mol. The third kappa shape index (κ3) is 8.73. The maximum Gasteiger partial charge on any atom is 0.300 e. The molecule has 3 heterocycles. The molecule has 246 valence electrons. The number of carbonyl (C=O) groups is 3. The Morgan fingerprint density at radius 3 is 2.64 bits per heavy atom. The molecule has 47 heavy (non-hydrogen) atoms. The lowest BCUT2D eigenvalue weighted by molar-refractivity contribution is -0.134. The lowest BCUT2D eigenvalue weighted by Gasteiger charge is -2.38. The van der Waals surface area contributed by atoms with Gasteiger partial charge in [0.25, 0.3) is 17.8 Å². The first kappa shape index (κ1) is 33.1. The van der Waals surface area contributed by atoms with Crippen LogP contribution in [0.1, 0.15) is 34.3 Å². The Morgan fingerprint density at radius 1 is 1.09 bits per heavy atom. The maximum atomic E-state index is 14.6. The van der Waals surface area contributed by atoms with E-state index in [2.05, 4.69) is 25.7 Å². The van der Waals surface area contributed by atoms with E-state index in [9.17, 15) is 14.0 Å². The summed E-state index contributed by atoms with van der Waals surface area (Å²) >= 11 is 1.48. The number of carbonyl (C=O) groups excluding carboxylic acids is 2. The molecular formula is C33H34FN5O7S. The zero-order chi connectivity index (χ0) is 33.5. The molecule has 3 aromatic carbocycles. The Bertz CT molecular complexity index is 1760. The fourth-order valence-corrected chi connectivity index (χ4v) is 5.97. The molecule has 14 heteroatoms. The lowest BCUT2D eigenvalue weighted by atomic mass is 9.99. The molecule has 6 bridgehead atoms. The largest absolute Gasteiger partial charge is 0.496 e. The van der Waals surface area contributed by atoms with Gasteiger partial charge in [0.05, 0.1) is 13.2 Å². The summed E-state index contributed by atoms with van der Waals surface area (Å²) in [7, 11) is 1.57. The van der Waals surface area contributed by atoms with Gasteiger partial charge in [0.15, 0.2) is 6.61 Å². The number of fused-ring (bicyclic) bond motifs is 8. The van der Waals surface area contributed by atoms with Crippen molar-refractivity contribution in [3.05, 3.63) is 82.6 Å². The van der Waals surface area contributed by atoms with E-state index in [1.165, 1.54) is 23.5 Å². The predicted molar refractivity (Wildman–Crippen MR) is 173 cm³/mol. The molecule has 0 spiro atoms. The molecule has 1 saturated heterocycles. The molecule has 0 aliphatic carbocycles. The molecule has 2 aliphatic rings. The van der Waals surface area contributed by atoms with Crippen LogP contribution in [-0.2, 0) is 16.1 Å². The van der Waals surface area contributed by atoms with Gasteiger partial charge in [-0.2, -0.15) is 0 Å². The highest BCUT2D eigenvalue weighted by Gasteiger charge is 2.34. The Kier molecular flexibility index (Phi) is 10.5. The highest BCUT2D eigenvalue weighted by molar-refractivity contribution is 7.15. The van der Waals surface area contributed by atoms with Crippen molar-refractivity contribution in [2.75, 3.05) is 31.7 Å². The second-order valence-corrected chi connectivity index (χ2v) is 12.1. The van der Waals surface area contributed by atoms with E-state index in [-0.39, 0.29) is 25.0 Å². The van der Waals surface area contributed by atoms with Crippen LogP contribution < -0.4 is 29.7 Å². The summed E-state index contributed by atoms with van der Waals surface area (Å²) in [5.41, 5.74) is 2.41. The number of aryl methyl sites for hydroxylation is 1. The van der Waals surface area contributed by atoms with Crippen molar-refractivity contribution < 1.29 is 38.1 Å². The molecule has 12 nitrogen and oxygen atoms in total. The molecular weight excluding hydrogens is 629 g/mol. The van der Waals surface area contributed by atoms with Gasteiger partial charge in [-0.1, -0.05) is 23.5 Å². The van der Waals surface area contributed by atoms with Gasteiger partial charge in [-0.3, -0.25) is 14.4 Å². The summed E-state index contributed by atoms with van der Waals surface area (Å²) in [5, 5.41) is 23.4. The van der Waals surface area contributed by atoms with Crippen LogP contribution in [0.25, 0.3) is 11.1 Å². The van der Waals surface area contributed by atoms with Gasteiger partial charge in [-0.15, -0.1) is 10.2 Å². The minimum atomic E-state index is -0.833. The number of aromatic nitrogens is 2. The highest BCUT2D eigenvalue weighted by Crippen LogP contribution is 2.33. The first-order chi connectivity index (χ1) is 22.6. The average Bonchev–Trinajstić information content (AvgIpc) is 3.48. The second-order valence-electron chi connectivity index (χ2n) is 10.9. The number of halogens is 1. The number of piperidine rings is 1. The fourth-order valence-electron chi connectivity index (χ4n) is 5.24. The van der Waals surface area contributed by atoms with E-state index < -0.39 is 23.9 Å². The number of rotatable bonds is 2. The van der Waals surface area contributed by atoms with E-state index in [0.717, 1.165) is 22.6 Å². The van der Waals surface area contributed by atoms with Gasteiger partial charge in [0.2, 0.25) is 5.13 Å². The maximum absolute atomic E-state index is 14.6. The number of anilines is 1. The Balaban J connectivity index is 0.00000103. The van der Waals surface area contributed by atoms with Crippen molar-refractivity contribution in [1.82, 2.24) is 20.8 Å². The molecule has 6 rings (SSSR count). The van der Waals surface area contributed by atoms with E-state index in [1.54, 1.807) is 49.6 Å². The molecule has 0 radical (unpaired) electrons. The number of hydrogen-bond acceptors (Lipinski definition) is 10. The number of amides is 2. The normalized spacial score (nSPS) is 17.8. The zero-order valence-corrected chi connectivity index (χ0v) is 26.8.